The molecule has 1 aromatic carbocycles. The summed E-state index contributed by atoms with van der Waals surface area (Å²) in [5.74, 6) is 6.72. The van der Waals surface area contributed by atoms with Crippen LogP contribution < -0.4 is 16.3 Å². The van der Waals surface area contributed by atoms with Crippen molar-refractivity contribution in [2.75, 3.05) is 19.8 Å². The first-order chi connectivity index (χ1) is 14.0. The fraction of sp³-hybridized carbons (Fsp3) is 0.476. The molecule has 2 aliphatic rings. The second-order valence-corrected chi connectivity index (χ2v) is 7.53. The Balaban J connectivity index is 1.50. The third-order valence-electron chi connectivity index (χ3n) is 5.51. The zero-order chi connectivity index (χ0) is 20.4. The Kier molecular flexibility index (Phi) is 5.84. The number of rotatable bonds is 5. The molecule has 156 valence electrons. The van der Waals surface area contributed by atoms with Crippen LogP contribution in [0.5, 0.6) is 5.75 Å². The average molecular weight is 402 g/mol. The SMILES string of the molecule is CC(Oc1ccc2ncc3c(c2c1)CCOC3)/C(N)=C/N(N)C1CCOCC1F. The summed E-state index contributed by atoms with van der Waals surface area (Å²) in [6, 6.07) is 5.36. The summed E-state index contributed by atoms with van der Waals surface area (Å²) < 4.78 is 30.7. The van der Waals surface area contributed by atoms with Crippen molar-refractivity contribution in [1.29, 1.82) is 0 Å². The van der Waals surface area contributed by atoms with Gasteiger partial charge in [-0.2, -0.15) is 0 Å². The molecule has 8 heteroatoms. The van der Waals surface area contributed by atoms with Crippen LogP contribution in [0, 0.1) is 0 Å². The zero-order valence-corrected chi connectivity index (χ0v) is 16.5. The minimum absolute atomic E-state index is 0.0542. The number of ether oxygens (including phenoxy) is 3. The molecule has 0 amide bonds. The zero-order valence-electron chi connectivity index (χ0n) is 16.5. The minimum atomic E-state index is -1.14. The monoisotopic (exact) mass is 402 g/mol. The van der Waals surface area contributed by atoms with Crippen molar-refractivity contribution in [3.05, 3.63) is 47.4 Å². The van der Waals surface area contributed by atoms with E-state index in [1.54, 1.807) is 6.20 Å². The molecule has 3 atom stereocenters. The van der Waals surface area contributed by atoms with E-state index in [0.717, 1.165) is 22.9 Å². The van der Waals surface area contributed by atoms with Gasteiger partial charge in [-0.05, 0) is 49.1 Å². The number of hydrogen-bond donors (Lipinski definition) is 2. The highest BCUT2D eigenvalue weighted by atomic mass is 19.1. The fourth-order valence-corrected chi connectivity index (χ4v) is 3.79. The van der Waals surface area contributed by atoms with Gasteiger partial charge in [-0.25, -0.2) is 10.2 Å². The van der Waals surface area contributed by atoms with Gasteiger partial charge in [0, 0.05) is 24.4 Å². The van der Waals surface area contributed by atoms with Crippen LogP contribution in [0.25, 0.3) is 10.9 Å². The van der Waals surface area contributed by atoms with Gasteiger partial charge < -0.3 is 25.0 Å². The Morgan fingerprint density at radius 1 is 1.38 bits per heavy atom. The third-order valence-corrected chi connectivity index (χ3v) is 5.51. The Morgan fingerprint density at radius 3 is 3.07 bits per heavy atom. The van der Waals surface area contributed by atoms with E-state index in [1.165, 1.54) is 10.6 Å². The van der Waals surface area contributed by atoms with Crippen LogP contribution in [-0.4, -0.2) is 48.1 Å². The normalized spacial score (nSPS) is 23.5. The highest BCUT2D eigenvalue weighted by molar-refractivity contribution is 5.84. The molecule has 3 heterocycles. The molecule has 0 bridgehead atoms. The number of nitrogens with two attached hydrogens (primary N) is 2. The van der Waals surface area contributed by atoms with Crippen molar-refractivity contribution < 1.29 is 18.6 Å². The third kappa shape index (κ3) is 4.29. The van der Waals surface area contributed by atoms with E-state index in [9.17, 15) is 4.39 Å². The van der Waals surface area contributed by atoms with Crippen LogP contribution >= 0.6 is 0 Å². The smallest absolute Gasteiger partial charge is 0.145 e. The van der Waals surface area contributed by atoms with E-state index < -0.39 is 18.3 Å². The van der Waals surface area contributed by atoms with Crippen LogP contribution in [0.15, 0.2) is 36.3 Å². The van der Waals surface area contributed by atoms with E-state index in [-0.39, 0.29) is 6.61 Å². The van der Waals surface area contributed by atoms with E-state index in [0.29, 0.717) is 37.7 Å². The lowest BCUT2D eigenvalue weighted by Crippen LogP contribution is -2.48. The molecule has 1 fully saturated rings. The lowest BCUT2D eigenvalue weighted by molar-refractivity contribution is -0.0156. The summed E-state index contributed by atoms with van der Waals surface area (Å²) in [5, 5.41) is 2.41. The number of benzene rings is 1. The lowest BCUT2D eigenvalue weighted by Gasteiger charge is -2.33. The number of nitrogens with zero attached hydrogens (tertiary/aromatic N) is 2. The Morgan fingerprint density at radius 2 is 2.24 bits per heavy atom. The van der Waals surface area contributed by atoms with Gasteiger partial charge in [-0.15, -0.1) is 0 Å². The van der Waals surface area contributed by atoms with E-state index in [1.807, 2.05) is 31.3 Å². The molecule has 4 N–H and O–H groups in total. The van der Waals surface area contributed by atoms with E-state index >= 15 is 0 Å². The van der Waals surface area contributed by atoms with Crippen LogP contribution in [0.2, 0.25) is 0 Å². The molecular formula is C21H27FN4O3. The van der Waals surface area contributed by atoms with Gasteiger partial charge in [-0.3, -0.25) is 4.98 Å². The van der Waals surface area contributed by atoms with Crippen molar-refractivity contribution in [1.82, 2.24) is 9.99 Å². The first-order valence-corrected chi connectivity index (χ1v) is 9.90. The van der Waals surface area contributed by atoms with Gasteiger partial charge in [0.25, 0.3) is 0 Å². The number of halogens is 1. The maximum absolute atomic E-state index is 14.0. The maximum atomic E-state index is 14.0. The summed E-state index contributed by atoms with van der Waals surface area (Å²) in [4.78, 5) is 4.51. The standard InChI is InChI=1S/C21H27FN4O3/c1-13(19(23)10-26(24)21-5-7-28-12-18(21)22)29-15-2-3-20-17(8-15)16-4-6-27-11-14(16)9-25-20/h2-3,8-10,13,18,21H,4-7,11-12,23-24H2,1H3/b19-10-. The Labute approximate surface area is 169 Å². The van der Waals surface area contributed by atoms with E-state index in [2.05, 4.69) is 4.98 Å². The molecule has 29 heavy (non-hydrogen) atoms. The van der Waals surface area contributed by atoms with Crippen LogP contribution in [-0.2, 0) is 22.5 Å². The predicted molar refractivity (Wildman–Crippen MR) is 108 cm³/mol. The van der Waals surface area contributed by atoms with Gasteiger partial charge in [0.05, 0.1) is 37.1 Å². The number of hydrogen-bond acceptors (Lipinski definition) is 7. The number of pyridine rings is 1. The molecule has 7 nitrogen and oxygen atoms in total. The first kappa shape index (κ1) is 19.9. The lowest BCUT2D eigenvalue weighted by atomic mass is 10.00. The van der Waals surface area contributed by atoms with Crippen molar-refractivity contribution in [2.24, 2.45) is 11.6 Å². The molecule has 0 saturated carbocycles. The topological polar surface area (TPSA) is 95.9 Å². The molecular weight excluding hydrogens is 375 g/mol. The molecule has 0 aliphatic carbocycles. The van der Waals surface area contributed by atoms with Crippen molar-refractivity contribution >= 4 is 10.9 Å². The van der Waals surface area contributed by atoms with Gasteiger partial charge in [0.1, 0.15) is 18.0 Å². The van der Waals surface area contributed by atoms with Gasteiger partial charge in [0.15, 0.2) is 0 Å². The molecule has 1 aromatic heterocycles. The summed E-state index contributed by atoms with van der Waals surface area (Å²) in [5.41, 5.74) is 9.89. The largest absolute Gasteiger partial charge is 0.484 e. The second kappa shape index (κ2) is 8.52. The second-order valence-electron chi connectivity index (χ2n) is 7.53. The summed E-state index contributed by atoms with van der Waals surface area (Å²) >= 11 is 0. The highest BCUT2D eigenvalue weighted by Crippen LogP contribution is 2.28. The highest BCUT2D eigenvalue weighted by Gasteiger charge is 2.28. The van der Waals surface area contributed by atoms with Crippen LogP contribution in [0.1, 0.15) is 24.5 Å². The molecule has 3 unspecified atom stereocenters. The van der Waals surface area contributed by atoms with Gasteiger partial charge in [0.2, 0.25) is 0 Å². The molecule has 1 saturated heterocycles. The van der Waals surface area contributed by atoms with Crippen molar-refractivity contribution in [3.63, 3.8) is 0 Å². The summed E-state index contributed by atoms with van der Waals surface area (Å²) in [6.07, 6.45) is 3.24. The fourth-order valence-electron chi connectivity index (χ4n) is 3.79. The first-order valence-electron chi connectivity index (χ1n) is 9.90. The summed E-state index contributed by atoms with van der Waals surface area (Å²) in [7, 11) is 0. The predicted octanol–water partition coefficient (Wildman–Crippen LogP) is 2.18. The quantitative estimate of drug-likeness (QED) is 0.585. The number of alkyl halides is 1. The average Bonchev–Trinajstić information content (AvgIpc) is 2.73. The maximum Gasteiger partial charge on any atom is 0.145 e. The Bertz CT molecular complexity index is 907. The number of aromatic nitrogens is 1. The van der Waals surface area contributed by atoms with Crippen molar-refractivity contribution in [2.45, 2.75) is 44.7 Å². The van der Waals surface area contributed by atoms with Crippen molar-refractivity contribution in [3.8, 4) is 5.75 Å². The number of hydrazine groups is 1. The minimum Gasteiger partial charge on any atom is -0.484 e. The molecule has 2 aliphatic heterocycles. The van der Waals surface area contributed by atoms with Gasteiger partial charge in [-0.1, -0.05) is 0 Å². The molecule has 0 spiro atoms. The number of fused-ring (bicyclic) bond motifs is 3. The Hall–Kier alpha value is -2.42. The molecule has 4 rings (SSSR count). The molecule has 2 aromatic rings. The van der Waals surface area contributed by atoms with Crippen LogP contribution in [0.3, 0.4) is 0 Å². The van der Waals surface area contributed by atoms with Crippen LogP contribution in [0.4, 0.5) is 4.39 Å². The summed E-state index contributed by atoms with van der Waals surface area (Å²) in [6.45, 7) is 3.67. The van der Waals surface area contributed by atoms with E-state index in [4.69, 9.17) is 25.8 Å². The van der Waals surface area contributed by atoms with Gasteiger partial charge >= 0.3 is 0 Å². The molecule has 0 radical (unpaired) electrons.